The molecule has 5 heteroatoms. The lowest BCUT2D eigenvalue weighted by atomic mass is 9.98. The molecule has 1 aliphatic heterocycles. The topological polar surface area (TPSA) is 51.4 Å². The van der Waals surface area contributed by atoms with Gasteiger partial charge < -0.3 is 15.4 Å². The standard InChI is InChI=1S/C14H25N3OS/c1-4-11-6-5-8-17(9-7-11)14-12(18-10(2)3)13(15)16-19-14/h10-11H,4-9H2,1-3H3,(H2,15,16). The number of aromatic nitrogens is 1. The van der Waals surface area contributed by atoms with E-state index in [0.717, 1.165) is 29.8 Å². The second-order valence-electron chi connectivity index (χ2n) is 5.56. The van der Waals surface area contributed by atoms with Gasteiger partial charge in [-0.1, -0.05) is 13.3 Å². The normalized spacial score (nSPS) is 20.6. The van der Waals surface area contributed by atoms with Crippen molar-refractivity contribution in [2.75, 3.05) is 23.7 Å². The first kappa shape index (κ1) is 14.4. The number of ether oxygens (including phenoxy) is 1. The lowest BCUT2D eigenvalue weighted by molar-refractivity contribution is 0.245. The maximum atomic E-state index is 5.94. The Kier molecular flexibility index (Phi) is 4.91. The van der Waals surface area contributed by atoms with Crippen LogP contribution in [0.1, 0.15) is 46.5 Å². The number of anilines is 2. The number of nitrogens with zero attached hydrogens (tertiary/aromatic N) is 2. The van der Waals surface area contributed by atoms with E-state index in [4.69, 9.17) is 10.5 Å². The summed E-state index contributed by atoms with van der Waals surface area (Å²) in [6.45, 7) is 8.52. The summed E-state index contributed by atoms with van der Waals surface area (Å²) in [5.41, 5.74) is 5.94. The number of rotatable bonds is 4. The monoisotopic (exact) mass is 283 g/mol. The van der Waals surface area contributed by atoms with Gasteiger partial charge in [0.2, 0.25) is 0 Å². The van der Waals surface area contributed by atoms with Gasteiger partial charge in [0.1, 0.15) is 0 Å². The Labute approximate surface area is 120 Å². The highest BCUT2D eigenvalue weighted by molar-refractivity contribution is 7.11. The summed E-state index contributed by atoms with van der Waals surface area (Å²) >= 11 is 1.47. The highest BCUT2D eigenvalue weighted by Crippen LogP contribution is 2.40. The van der Waals surface area contributed by atoms with Crippen LogP contribution in [0.5, 0.6) is 5.75 Å². The molecule has 0 spiro atoms. The minimum Gasteiger partial charge on any atom is -0.484 e. The maximum Gasteiger partial charge on any atom is 0.198 e. The fourth-order valence-corrected chi connectivity index (χ4v) is 3.41. The summed E-state index contributed by atoms with van der Waals surface area (Å²) in [4.78, 5) is 2.40. The Bertz CT molecular complexity index is 405. The van der Waals surface area contributed by atoms with Crippen LogP contribution in [0.15, 0.2) is 0 Å². The molecule has 0 saturated carbocycles. The molecule has 0 radical (unpaired) electrons. The third-order valence-corrected chi connectivity index (χ3v) is 4.63. The lowest BCUT2D eigenvalue weighted by Crippen LogP contribution is -2.24. The molecule has 2 rings (SSSR count). The van der Waals surface area contributed by atoms with Crippen molar-refractivity contribution < 1.29 is 4.74 Å². The van der Waals surface area contributed by atoms with Crippen molar-refractivity contribution in [3.63, 3.8) is 0 Å². The molecule has 1 atom stereocenters. The minimum atomic E-state index is 0.132. The van der Waals surface area contributed by atoms with Crippen molar-refractivity contribution in [3.8, 4) is 5.75 Å². The highest BCUT2D eigenvalue weighted by atomic mass is 32.1. The summed E-state index contributed by atoms with van der Waals surface area (Å²) in [5.74, 6) is 2.18. The molecule has 1 aromatic heterocycles. The third kappa shape index (κ3) is 3.53. The van der Waals surface area contributed by atoms with Crippen LogP contribution >= 0.6 is 11.5 Å². The molecule has 19 heavy (non-hydrogen) atoms. The van der Waals surface area contributed by atoms with Gasteiger partial charge in [-0.05, 0) is 50.6 Å². The van der Waals surface area contributed by atoms with E-state index in [9.17, 15) is 0 Å². The molecule has 0 aromatic carbocycles. The van der Waals surface area contributed by atoms with Crippen molar-refractivity contribution in [1.29, 1.82) is 0 Å². The van der Waals surface area contributed by atoms with Gasteiger partial charge in [0.15, 0.2) is 16.6 Å². The van der Waals surface area contributed by atoms with E-state index in [2.05, 4.69) is 16.2 Å². The Hall–Kier alpha value is -0.970. The van der Waals surface area contributed by atoms with Crippen LogP contribution in [0.25, 0.3) is 0 Å². The molecular weight excluding hydrogens is 258 g/mol. The molecule has 1 fully saturated rings. The SMILES string of the molecule is CCC1CCCN(c2snc(N)c2OC(C)C)CC1. The quantitative estimate of drug-likeness (QED) is 0.918. The number of nitrogens with two attached hydrogens (primary N) is 1. The molecule has 1 unspecified atom stereocenters. The Morgan fingerprint density at radius 2 is 2.21 bits per heavy atom. The highest BCUT2D eigenvalue weighted by Gasteiger charge is 2.23. The van der Waals surface area contributed by atoms with E-state index in [-0.39, 0.29) is 6.10 Å². The molecule has 2 heterocycles. The van der Waals surface area contributed by atoms with Gasteiger partial charge in [0.25, 0.3) is 0 Å². The number of nitrogen functional groups attached to an aromatic ring is 1. The zero-order valence-electron chi connectivity index (χ0n) is 12.2. The van der Waals surface area contributed by atoms with E-state index >= 15 is 0 Å². The first-order chi connectivity index (χ1) is 9.11. The summed E-state index contributed by atoms with van der Waals surface area (Å²) in [7, 11) is 0. The summed E-state index contributed by atoms with van der Waals surface area (Å²) in [5, 5.41) is 1.11. The van der Waals surface area contributed by atoms with Gasteiger partial charge in [0.05, 0.1) is 6.10 Å². The van der Waals surface area contributed by atoms with Crippen LogP contribution in [0.3, 0.4) is 0 Å². The van der Waals surface area contributed by atoms with E-state index < -0.39 is 0 Å². The first-order valence-electron chi connectivity index (χ1n) is 7.28. The van der Waals surface area contributed by atoms with Crippen molar-refractivity contribution in [2.45, 2.75) is 52.6 Å². The average Bonchev–Trinajstić information content (AvgIpc) is 2.62. The van der Waals surface area contributed by atoms with Crippen LogP contribution in [-0.2, 0) is 0 Å². The smallest absolute Gasteiger partial charge is 0.198 e. The fraction of sp³-hybridized carbons (Fsp3) is 0.786. The molecule has 0 bridgehead atoms. The predicted molar refractivity (Wildman–Crippen MR) is 82.1 cm³/mol. The second kappa shape index (κ2) is 6.46. The van der Waals surface area contributed by atoms with Crippen LogP contribution in [-0.4, -0.2) is 23.6 Å². The van der Waals surface area contributed by atoms with Crippen LogP contribution < -0.4 is 15.4 Å². The zero-order chi connectivity index (χ0) is 13.8. The van der Waals surface area contributed by atoms with Crippen molar-refractivity contribution >= 4 is 22.4 Å². The Balaban J connectivity index is 2.12. The molecule has 108 valence electrons. The fourth-order valence-electron chi connectivity index (χ4n) is 2.61. The Morgan fingerprint density at radius 3 is 2.89 bits per heavy atom. The number of hydrogen-bond donors (Lipinski definition) is 1. The van der Waals surface area contributed by atoms with Crippen LogP contribution in [0.4, 0.5) is 10.8 Å². The molecule has 0 aliphatic carbocycles. The second-order valence-corrected chi connectivity index (χ2v) is 6.31. The summed E-state index contributed by atoms with van der Waals surface area (Å²) in [6.07, 6.45) is 5.26. The zero-order valence-corrected chi connectivity index (χ0v) is 13.0. The summed E-state index contributed by atoms with van der Waals surface area (Å²) in [6, 6.07) is 0. The van der Waals surface area contributed by atoms with E-state index in [0.29, 0.717) is 5.82 Å². The van der Waals surface area contributed by atoms with Gasteiger partial charge in [-0.15, -0.1) is 0 Å². The summed E-state index contributed by atoms with van der Waals surface area (Å²) < 4.78 is 10.1. The third-order valence-electron chi connectivity index (χ3n) is 3.72. The van der Waals surface area contributed by atoms with E-state index in [1.54, 1.807) is 0 Å². The van der Waals surface area contributed by atoms with Crippen molar-refractivity contribution in [3.05, 3.63) is 0 Å². The largest absolute Gasteiger partial charge is 0.484 e. The molecule has 0 amide bonds. The number of hydrogen-bond acceptors (Lipinski definition) is 5. The van der Waals surface area contributed by atoms with E-state index in [1.807, 2.05) is 13.8 Å². The van der Waals surface area contributed by atoms with Gasteiger partial charge in [-0.3, -0.25) is 0 Å². The van der Waals surface area contributed by atoms with E-state index in [1.165, 1.54) is 37.2 Å². The van der Waals surface area contributed by atoms with Gasteiger partial charge in [-0.2, -0.15) is 4.37 Å². The maximum absolute atomic E-state index is 5.94. The first-order valence-corrected chi connectivity index (χ1v) is 8.05. The minimum absolute atomic E-state index is 0.132. The molecule has 2 N–H and O–H groups in total. The van der Waals surface area contributed by atoms with Crippen molar-refractivity contribution in [1.82, 2.24) is 4.37 Å². The molecular formula is C14H25N3OS. The predicted octanol–water partition coefficient (Wildman–Crippen LogP) is 3.53. The molecule has 1 saturated heterocycles. The van der Waals surface area contributed by atoms with Gasteiger partial charge >= 0.3 is 0 Å². The van der Waals surface area contributed by atoms with Gasteiger partial charge in [0, 0.05) is 13.1 Å². The Morgan fingerprint density at radius 1 is 1.42 bits per heavy atom. The van der Waals surface area contributed by atoms with Crippen LogP contribution in [0.2, 0.25) is 0 Å². The van der Waals surface area contributed by atoms with Crippen LogP contribution in [0, 0.1) is 5.92 Å². The van der Waals surface area contributed by atoms with Gasteiger partial charge in [-0.25, -0.2) is 0 Å². The average molecular weight is 283 g/mol. The van der Waals surface area contributed by atoms with Crippen molar-refractivity contribution in [2.24, 2.45) is 5.92 Å². The molecule has 4 nitrogen and oxygen atoms in total. The molecule has 1 aromatic rings. The lowest BCUT2D eigenvalue weighted by Gasteiger charge is -2.22. The molecule has 1 aliphatic rings.